The molecule has 3 aliphatic rings. The van der Waals surface area contributed by atoms with E-state index < -0.39 is 16.8 Å². The van der Waals surface area contributed by atoms with Gasteiger partial charge in [-0.2, -0.15) is 0 Å². The smallest absolute Gasteiger partial charge is 0.150 e. The zero-order chi connectivity index (χ0) is 38.3. The van der Waals surface area contributed by atoms with Crippen molar-refractivity contribution in [3.8, 4) is 0 Å². The van der Waals surface area contributed by atoms with Crippen molar-refractivity contribution in [3.05, 3.63) is 0 Å². The van der Waals surface area contributed by atoms with Crippen LogP contribution in [-0.4, -0.2) is 129 Å². The Morgan fingerprint density at radius 2 is 0.686 bits per heavy atom. The fourth-order valence-corrected chi connectivity index (χ4v) is 6.75. The van der Waals surface area contributed by atoms with Gasteiger partial charge in [-0.1, -0.05) is 20.8 Å². The molecule has 3 aliphatic heterocycles. The number of nitrogens with zero attached hydrogens (tertiary/aromatic N) is 3. The molecule has 0 aromatic rings. The van der Waals surface area contributed by atoms with E-state index in [0.717, 1.165) is 12.8 Å². The normalized spacial score (nSPS) is 22.9. The first-order valence-electron chi connectivity index (χ1n) is 19.1. The quantitative estimate of drug-likeness (QED) is 0.134. The Morgan fingerprint density at radius 1 is 0.431 bits per heavy atom. The summed E-state index contributed by atoms with van der Waals surface area (Å²) in [5.74, 6) is 0.860. The van der Waals surface area contributed by atoms with Gasteiger partial charge < -0.3 is 42.6 Å². The molecule has 3 heterocycles. The van der Waals surface area contributed by atoms with Gasteiger partial charge in [0.1, 0.15) is 60.8 Å². The Balaban J connectivity index is 1.73. The first-order chi connectivity index (χ1) is 23.5. The standard InChI is InChI=1S/C39H77N3O9/c1-30(36(8,9)40-21-43-27-44-22-40)18-49-34(4,5)16-33(39(14,15)51-20-32(3)38(12,13)42-25-47-29-48-26-42)17-35(6,7)50-19-31(2)37(10,11)41-23-45-28-46-24-41/h30-33H,16-29H2,1-15H3. The van der Waals surface area contributed by atoms with Crippen LogP contribution in [0.2, 0.25) is 0 Å². The van der Waals surface area contributed by atoms with Crippen LogP contribution in [-0.2, 0) is 42.6 Å². The lowest BCUT2D eigenvalue weighted by Gasteiger charge is -2.47. The maximum Gasteiger partial charge on any atom is 0.150 e. The molecule has 51 heavy (non-hydrogen) atoms. The van der Waals surface area contributed by atoms with E-state index in [1.165, 1.54) is 0 Å². The highest BCUT2D eigenvalue weighted by Crippen LogP contribution is 2.40. The van der Waals surface area contributed by atoms with Crippen LogP contribution >= 0.6 is 0 Å². The van der Waals surface area contributed by atoms with Crippen molar-refractivity contribution in [1.82, 2.24) is 14.7 Å². The zero-order valence-corrected chi connectivity index (χ0v) is 35.2. The fraction of sp³-hybridized carbons (Fsp3) is 1.00. The highest BCUT2D eigenvalue weighted by atomic mass is 16.7. The fourth-order valence-electron chi connectivity index (χ4n) is 6.75. The summed E-state index contributed by atoms with van der Waals surface area (Å²) in [5.41, 5.74) is -1.75. The number of ether oxygens (including phenoxy) is 9. The molecule has 3 fully saturated rings. The van der Waals surface area contributed by atoms with E-state index in [2.05, 4.69) is 119 Å². The van der Waals surface area contributed by atoms with Gasteiger partial charge in [0.25, 0.3) is 0 Å². The van der Waals surface area contributed by atoms with E-state index in [4.69, 9.17) is 42.6 Å². The van der Waals surface area contributed by atoms with Gasteiger partial charge in [0.05, 0.1) is 36.6 Å². The Hall–Kier alpha value is -0.480. The third kappa shape index (κ3) is 12.8. The van der Waals surface area contributed by atoms with Crippen LogP contribution in [0.15, 0.2) is 0 Å². The Labute approximate surface area is 311 Å². The van der Waals surface area contributed by atoms with Crippen LogP contribution in [0.1, 0.15) is 117 Å². The third-order valence-electron chi connectivity index (χ3n) is 12.7. The minimum absolute atomic E-state index is 0.138. The van der Waals surface area contributed by atoms with Gasteiger partial charge in [-0.15, -0.1) is 0 Å². The SMILES string of the molecule is CC(COC(C)(C)CC(CC(C)(C)OCC(C)C(C)(C)N1COCOC1)C(C)(C)OCC(C)C(C)(C)N1COCOC1)C(C)(C)N1COCOC1. The second-order valence-corrected chi connectivity index (χ2v) is 18.8. The summed E-state index contributed by atoms with van der Waals surface area (Å²) in [6, 6.07) is 0. The molecular weight excluding hydrogens is 654 g/mol. The van der Waals surface area contributed by atoms with Gasteiger partial charge in [0, 0.05) is 16.6 Å². The van der Waals surface area contributed by atoms with Crippen molar-refractivity contribution in [1.29, 1.82) is 0 Å². The highest BCUT2D eigenvalue weighted by molar-refractivity contribution is 4.93. The second-order valence-electron chi connectivity index (χ2n) is 18.8. The molecule has 0 amide bonds. The Morgan fingerprint density at radius 3 is 0.961 bits per heavy atom. The maximum absolute atomic E-state index is 6.95. The van der Waals surface area contributed by atoms with E-state index >= 15 is 0 Å². The van der Waals surface area contributed by atoms with E-state index in [1.54, 1.807) is 0 Å². The summed E-state index contributed by atoms with van der Waals surface area (Å²) in [5, 5.41) is 0. The van der Waals surface area contributed by atoms with Crippen LogP contribution in [0.5, 0.6) is 0 Å². The monoisotopic (exact) mass is 732 g/mol. The molecule has 0 radical (unpaired) electrons. The van der Waals surface area contributed by atoms with Gasteiger partial charge in [-0.05, 0) is 120 Å². The summed E-state index contributed by atoms with van der Waals surface area (Å²) in [4.78, 5) is 6.70. The summed E-state index contributed by atoms with van der Waals surface area (Å²) in [6.45, 7) is 39.8. The van der Waals surface area contributed by atoms with Crippen molar-refractivity contribution < 1.29 is 42.6 Å². The molecular formula is C39H77N3O9. The molecule has 0 bridgehead atoms. The van der Waals surface area contributed by atoms with Gasteiger partial charge in [0.15, 0.2) is 0 Å². The predicted octanol–water partition coefficient (Wildman–Crippen LogP) is 6.68. The first-order valence-corrected chi connectivity index (χ1v) is 19.1. The molecule has 0 spiro atoms. The van der Waals surface area contributed by atoms with Crippen molar-refractivity contribution in [2.45, 2.75) is 150 Å². The van der Waals surface area contributed by atoms with E-state index in [0.29, 0.717) is 80.6 Å². The molecule has 0 aromatic heterocycles. The average Bonchev–Trinajstić information content (AvgIpc) is 3.09. The second kappa shape index (κ2) is 18.4. The molecule has 302 valence electrons. The van der Waals surface area contributed by atoms with Gasteiger partial charge in [0.2, 0.25) is 0 Å². The molecule has 0 saturated carbocycles. The van der Waals surface area contributed by atoms with Crippen LogP contribution in [0.25, 0.3) is 0 Å². The van der Waals surface area contributed by atoms with Crippen LogP contribution in [0.4, 0.5) is 0 Å². The third-order valence-corrected chi connectivity index (χ3v) is 12.7. The minimum Gasteiger partial charge on any atom is -0.375 e. The molecule has 3 unspecified atom stereocenters. The molecule has 0 N–H and O–H groups in total. The van der Waals surface area contributed by atoms with Crippen molar-refractivity contribution in [2.75, 3.05) is 80.6 Å². The molecule has 12 heteroatoms. The highest BCUT2D eigenvalue weighted by Gasteiger charge is 2.43. The number of hydrogen-bond acceptors (Lipinski definition) is 12. The molecule has 12 nitrogen and oxygen atoms in total. The van der Waals surface area contributed by atoms with E-state index in [9.17, 15) is 0 Å². The molecule has 3 saturated heterocycles. The van der Waals surface area contributed by atoms with Crippen molar-refractivity contribution in [3.63, 3.8) is 0 Å². The summed E-state index contributed by atoms with van der Waals surface area (Å²) in [7, 11) is 0. The average molecular weight is 732 g/mol. The summed E-state index contributed by atoms with van der Waals surface area (Å²) in [6.07, 6.45) is 1.62. The van der Waals surface area contributed by atoms with E-state index in [1.807, 2.05) is 0 Å². The van der Waals surface area contributed by atoms with Crippen LogP contribution < -0.4 is 0 Å². The van der Waals surface area contributed by atoms with Crippen LogP contribution in [0.3, 0.4) is 0 Å². The van der Waals surface area contributed by atoms with Crippen LogP contribution in [0, 0.1) is 23.7 Å². The lowest BCUT2D eigenvalue weighted by molar-refractivity contribution is -0.222. The molecule has 3 atom stereocenters. The van der Waals surface area contributed by atoms with E-state index in [-0.39, 0.29) is 40.3 Å². The number of rotatable bonds is 20. The maximum atomic E-state index is 6.95. The Kier molecular flexibility index (Phi) is 16.2. The first kappa shape index (κ1) is 44.9. The van der Waals surface area contributed by atoms with Crippen molar-refractivity contribution >= 4 is 0 Å². The van der Waals surface area contributed by atoms with Gasteiger partial charge >= 0.3 is 0 Å². The topological polar surface area (TPSA) is 92.8 Å². The largest absolute Gasteiger partial charge is 0.375 e. The summed E-state index contributed by atoms with van der Waals surface area (Å²) >= 11 is 0. The Bertz CT molecular complexity index is 965. The summed E-state index contributed by atoms with van der Waals surface area (Å²) < 4.78 is 54.1. The molecule has 0 aliphatic carbocycles. The zero-order valence-electron chi connectivity index (χ0n) is 35.2. The molecule has 0 aromatic carbocycles. The lowest BCUT2D eigenvalue weighted by Crippen LogP contribution is -2.55. The van der Waals surface area contributed by atoms with Crippen molar-refractivity contribution in [2.24, 2.45) is 23.7 Å². The predicted molar refractivity (Wildman–Crippen MR) is 198 cm³/mol. The molecule has 3 rings (SSSR count). The lowest BCUT2D eigenvalue weighted by atomic mass is 9.75. The number of hydrogen-bond donors (Lipinski definition) is 0. The van der Waals surface area contributed by atoms with Gasteiger partial charge in [-0.25, -0.2) is 0 Å². The van der Waals surface area contributed by atoms with Gasteiger partial charge in [-0.3, -0.25) is 14.7 Å². The minimum atomic E-state index is -0.457.